The molecule has 1 rings (SSSR count). The average molecular weight is 205 g/mol. The van der Waals surface area contributed by atoms with Gasteiger partial charge in [0.1, 0.15) is 0 Å². The Balaban J connectivity index is 1.93. The topological polar surface area (TPSA) is 41.5 Å². The van der Waals surface area contributed by atoms with Crippen molar-refractivity contribution in [2.45, 2.75) is 12.5 Å². The molecule has 1 heterocycles. The Bertz CT molecular complexity index is 129. The third-order valence-corrected chi connectivity index (χ3v) is 3.43. The zero-order valence-electron chi connectivity index (χ0n) is 8.16. The first-order valence-electron chi connectivity index (χ1n) is 4.78. The van der Waals surface area contributed by atoms with Crippen LogP contribution in [0.5, 0.6) is 0 Å². The van der Waals surface area contributed by atoms with Crippen LogP contribution >= 0.6 is 11.8 Å². The van der Waals surface area contributed by atoms with Crippen LogP contribution in [0, 0.1) is 5.92 Å². The van der Waals surface area contributed by atoms with Gasteiger partial charge >= 0.3 is 0 Å². The average Bonchev–Trinajstić information content (AvgIpc) is 2.57. The van der Waals surface area contributed by atoms with Gasteiger partial charge in [-0.15, -0.1) is 0 Å². The van der Waals surface area contributed by atoms with Gasteiger partial charge in [-0.2, -0.15) is 11.8 Å². The molecular weight excluding hydrogens is 186 g/mol. The fraction of sp³-hybridized carbons (Fsp3) is 1.00. The highest BCUT2D eigenvalue weighted by atomic mass is 32.2. The standard InChI is InChI=1S/C9H19NO2S/c1-12-6-9(11)5-10-4-8-2-3-13-7-8/h8-11H,2-7H2,1H3. The lowest BCUT2D eigenvalue weighted by Gasteiger charge is -2.13. The minimum atomic E-state index is -0.362. The van der Waals surface area contributed by atoms with Gasteiger partial charge in [-0.25, -0.2) is 0 Å². The third-order valence-electron chi connectivity index (χ3n) is 2.20. The second kappa shape index (κ2) is 6.65. The van der Waals surface area contributed by atoms with Crippen LogP contribution < -0.4 is 5.32 Å². The molecule has 2 atom stereocenters. The Labute approximate surface area is 84.2 Å². The summed E-state index contributed by atoms with van der Waals surface area (Å²) in [6.45, 7) is 2.11. The normalized spacial score (nSPS) is 24.9. The predicted octanol–water partition coefficient (Wildman–Crippen LogP) is 0.336. The van der Waals surface area contributed by atoms with E-state index in [0.717, 1.165) is 12.5 Å². The molecular formula is C9H19NO2S. The lowest BCUT2D eigenvalue weighted by Crippen LogP contribution is -2.33. The summed E-state index contributed by atoms with van der Waals surface area (Å²) in [4.78, 5) is 0. The highest BCUT2D eigenvalue weighted by molar-refractivity contribution is 7.99. The highest BCUT2D eigenvalue weighted by Crippen LogP contribution is 2.22. The number of nitrogens with one attached hydrogen (secondary N) is 1. The molecule has 0 saturated carbocycles. The highest BCUT2D eigenvalue weighted by Gasteiger charge is 2.15. The molecule has 4 heteroatoms. The molecule has 3 nitrogen and oxygen atoms in total. The first-order chi connectivity index (χ1) is 6.33. The first-order valence-corrected chi connectivity index (χ1v) is 5.94. The molecule has 0 aromatic heterocycles. The van der Waals surface area contributed by atoms with Crippen molar-refractivity contribution in [3.8, 4) is 0 Å². The zero-order valence-corrected chi connectivity index (χ0v) is 8.98. The van der Waals surface area contributed by atoms with Crippen molar-refractivity contribution in [1.29, 1.82) is 0 Å². The minimum Gasteiger partial charge on any atom is -0.389 e. The first kappa shape index (κ1) is 11.3. The molecule has 1 fully saturated rings. The van der Waals surface area contributed by atoms with Crippen molar-refractivity contribution in [3.63, 3.8) is 0 Å². The molecule has 13 heavy (non-hydrogen) atoms. The van der Waals surface area contributed by atoms with E-state index < -0.39 is 0 Å². The summed E-state index contributed by atoms with van der Waals surface area (Å²) in [5.74, 6) is 3.38. The van der Waals surface area contributed by atoms with Gasteiger partial charge < -0.3 is 15.2 Å². The third kappa shape index (κ3) is 4.86. The molecule has 0 amide bonds. The maximum atomic E-state index is 9.33. The molecule has 1 aliphatic rings. The minimum absolute atomic E-state index is 0.362. The van der Waals surface area contributed by atoms with Gasteiger partial charge in [-0.1, -0.05) is 0 Å². The van der Waals surface area contributed by atoms with Gasteiger partial charge in [0.05, 0.1) is 12.7 Å². The molecule has 0 spiro atoms. The number of thioether (sulfide) groups is 1. The smallest absolute Gasteiger partial charge is 0.0897 e. The summed E-state index contributed by atoms with van der Waals surface area (Å²) >= 11 is 2.02. The molecule has 0 aliphatic carbocycles. The van der Waals surface area contributed by atoms with E-state index in [1.165, 1.54) is 17.9 Å². The van der Waals surface area contributed by atoms with Gasteiger partial charge in [-0.3, -0.25) is 0 Å². The Kier molecular flexibility index (Phi) is 5.78. The van der Waals surface area contributed by atoms with Crippen LogP contribution in [-0.4, -0.2) is 49.5 Å². The van der Waals surface area contributed by atoms with E-state index in [4.69, 9.17) is 4.74 Å². The number of aliphatic hydroxyl groups excluding tert-OH is 1. The summed E-state index contributed by atoms with van der Waals surface area (Å²) in [5.41, 5.74) is 0. The molecule has 0 bridgehead atoms. The Hall–Kier alpha value is 0.230. The molecule has 1 saturated heterocycles. The van der Waals surface area contributed by atoms with Crippen LogP contribution in [0.2, 0.25) is 0 Å². The fourth-order valence-electron chi connectivity index (χ4n) is 1.45. The number of hydrogen-bond acceptors (Lipinski definition) is 4. The zero-order chi connectivity index (χ0) is 9.52. The lowest BCUT2D eigenvalue weighted by molar-refractivity contribution is 0.0642. The number of ether oxygens (including phenoxy) is 1. The summed E-state index contributed by atoms with van der Waals surface area (Å²) < 4.78 is 4.83. The molecule has 0 aromatic rings. The van der Waals surface area contributed by atoms with E-state index in [-0.39, 0.29) is 6.10 Å². The van der Waals surface area contributed by atoms with E-state index in [0.29, 0.717) is 13.2 Å². The summed E-state index contributed by atoms with van der Waals surface area (Å²) in [5, 5.41) is 12.6. The van der Waals surface area contributed by atoms with Gasteiger partial charge in [0.2, 0.25) is 0 Å². The number of methoxy groups -OCH3 is 1. The number of rotatable bonds is 6. The number of hydrogen-bond donors (Lipinski definition) is 2. The van der Waals surface area contributed by atoms with E-state index >= 15 is 0 Å². The fourth-order valence-corrected chi connectivity index (χ4v) is 2.73. The van der Waals surface area contributed by atoms with E-state index in [2.05, 4.69) is 5.32 Å². The van der Waals surface area contributed by atoms with Crippen LogP contribution in [0.15, 0.2) is 0 Å². The second-order valence-electron chi connectivity index (χ2n) is 3.50. The lowest BCUT2D eigenvalue weighted by atomic mass is 10.1. The molecule has 0 aromatic carbocycles. The van der Waals surface area contributed by atoms with Crippen molar-refractivity contribution in [2.75, 3.05) is 38.3 Å². The predicted molar refractivity (Wildman–Crippen MR) is 56.2 cm³/mol. The second-order valence-corrected chi connectivity index (χ2v) is 4.65. The van der Waals surface area contributed by atoms with Crippen molar-refractivity contribution >= 4 is 11.8 Å². The summed E-state index contributed by atoms with van der Waals surface area (Å²) in [6.07, 6.45) is 0.956. The Morgan fingerprint density at radius 3 is 3.15 bits per heavy atom. The maximum absolute atomic E-state index is 9.33. The van der Waals surface area contributed by atoms with Crippen molar-refractivity contribution < 1.29 is 9.84 Å². The summed E-state index contributed by atoms with van der Waals surface area (Å²) in [7, 11) is 1.61. The van der Waals surface area contributed by atoms with Crippen molar-refractivity contribution in [1.82, 2.24) is 5.32 Å². The Morgan fingerprint density at radius 1 is 1.69 bits per heavy atom. The van der Waals surface area contributed by atoms with Crippen LogP contribution in [0.3, 0.4) is 0 Å². The molecule has 2 N–H and O–H groups in total. The van der Waals surface area contributed by atoms with E-state index in [1.54, 1.807) is 7.11 Å². The van der Waals surface area contributed by atoms with Crippen LogP contribution in [0.25, 0.3) is 0 Å². The van der Waals surface area contributed by atoms with Crippen molar-refractivity contribution in [2.24, 2.45) is 5.92 Å². The van der Waals surface area contributed by atoms with Gasteiger partial charge in [0.25, 0.3) is 0 Å². The van der Waals surface area contributed by atoms with E-state index in [1.807, 2.05) is 11.8 Å². The van der Waals surface area contributed by atoms with Crippen LogP contribution in [0.4, 0.5) is 0 Å². The molecule has 2 unspecified atom stereocenters. The quantitative estimate of drug-likeness (QED) is 0.656. The van der Waals surface area contributed by atoms with Gasteiger partial charge in [-0.05, 0) is 30.4 Å². The number of aliphatic hydroxyl groups is 1. The molecule has 1 aliphatic heterocycles. The van der Waals surface area contributed by atoms with Crippen LogP contribution in [-0.2, 0) is 4.74 Å². The van der Waals surface area contributed by atoms with Crippen molar-refractivity contribution in [3.05, 3.63) is 0 Å². The van der Waals surface area contributed by atoms with E-state index in [9.17, 15) is 5.11 Å². The SMILES string of the molecule is COCC(O)CNCC1CCSC1. The summed E-state index contributed by atoms with van der Waals surface area (Å²) in [6, 6.07) is 0. The van der Waals surface area contributed by atoms with Gasteiger partial charge in [0.15, 0.2) is 0 Å². The largest absolute Gasteiger partial charge is 0.389 e. The molecule has 0 radical (unpaired) electrons. The maximum Gasteiger partial charge on any atom is 0.0897 e. The van der Waals surface area contributed by atoms with Gasteiger partial charge in [0, 0.05) is 13.7 Å². The van der Waals surface area contributed by atoms with Crippen LogP contribution in [0.1, 0.15) is 6.42 Å². The molecule has 78 valence electrons. The monoisotopic (exact) mass is 205 g/mol. The Morgan fingerprint density at radius 2 is 2.54 bits per heavy atom.